The lowest BCUT2D eigenvalue weighted by Crippen LogP contribution is -2.36. The first kappa shape index (κ1) is 17.2. The van der Waals surface area contributed by atoms with Gasteiger partial charge in [0.25, 0.3) is 5.91 Å². The Morgan fingerprint density at radius 1 is 1.04 bits per heavy atom. The number of rotatable bonds is 4. The smallest absolute Gasteiger partial charge is 0.279 e. The number of hydrogen-bond acceptors (Lipinski definition) is 6. The first-order valence-corrected chi connectivity index (χ1v) is 8.80. The molecule has 2 aromatic heterocycles. The third-order valence-electron chi connectivity index (χ3n) is 4.35. The third kappa shape index (κ3) is 3.80. The number of benzene rings is 1. The van der Waals surface area contributed by atoms with E-state index in [2.05, 4.69) is 25.4 Å². The zero-order valence-electron chi connectivity index (χ0n) is 15.0. The largest absolute Gasteiger partial charge is 0.378 e. The Labute approximate surface area is 156 Å². The number of aryl methyl sites for hydroxylation is 1. The van der Waals surface area contributed by atoms with E-state index in [1.54, 1.807) is 19.2 Å². The Kier molecular flexibility index (Phi) is 4.80. The Bertz CT molecular complexity index is 917. The second-order valence-corrected chi connectivity index (χ2v) is 6.21. The summed E-state index contributed by atoms with van der Waals surface area (Å²) in [7, 11) is 0. The zero-order chi connectivity index (χ0) is 18.6. The van der Waals surface area contributed by atoms with Gasteiger partial charge in [0, 0.05) is 13.1 Å². The van der Waals surface area contributed by atoms with Gasteiger partial charge in [-0.2, -0.15) is 9.90 Å². The van der Waals surface area contributed by atoms with Crippen LogP contribution in [0.3, 0.4) is 0 Å². The van der Waals surface area contributed by atoms with Crippen LogP contribution in [0.5, 0.6) is 0 Å². The van der Waals surface area contributed by atoms with Crippen molar-refractivity contribution in [2.45, 2.75) is 6.92 Å². The maximum absolute atomic E-state index is 12.6. The van der Waals surface area contributed by atoms with Crippen LogP contribution in [0.1, 0.15) is 16.2 Å². The molecule has 1 aliphatic heterocycles. The van der Waals surface area contributed by atoms with Crippen molar-refractivity contribution in [3.8, 4) is 5.69 Å². The van der Waals surface area contributed by atoms with E-state index in [1.807, 2.05) is 36.4 Å². The van der Waals surface area contributed by atoms with Gasteiger partial charge >= 0.3 is 0 Å². The molecule has 0 aliphatic carbocycles. The molecule has 1 aliphatic rings. The van der Waals surface area contributed by atoms with Gasteiger partial charge < -0.3 is 15.0 Å². The molecule has 1 aromatic carbocycles. The Morgan fingerprint density at radius 2 is 1.81 bits per heavy atom. The van der Waals surface area contributed by atoms with Crippen LogP contribution < -0.4 is 10.2 Å². The van der Waals surface area contributed by atoms with Crippen LogP contribution in [0.15, 0.2) is 48.7 Å². The lowest BCUT2D eigenvalue weighted by atomic mass is 10.3. The lowest BCUT2D eigenvalue weighted by Gasteiger charge is -2.28. The molecular formula is C19H20N6O2. The topological polar surface area (TPSA) is 85.2 Å². The maximum atomic E-state index is 12.6. The van der Waals surface area contributed by atoms with E-state index in [0.29, 0.717) is 11.5 Å². The number of morpholine rings is 1. The average Bonchev–Trinajstić information content (AvgIpc) is 3.12. The highest BCUT2D eigenvalue weighted by molar-refractivity contribution is 6.03. The molecule has 0 unspecified atom stereocenters. The summed E-state index contributed by atoms with van der Waals surface area (Å²) in [5, 5.41) is 11.4. The number of carbonyl (C=O) groups is 1. The summed E-state index contributed by atoms with van der Waals surface area (Å²) in [4.78, 5) is 20.6. The molecule has 4 rings (SSSR count). The predicted molar refractivity (Wildman–Crippen MR) is 101 cm³/mol. The van der Waals surface area contributed by atoms with Crippen molar-refractivity contribution in [1.82, 2.24) is 20.0 Å². The molecule has 27 heavy (non-hydrogen) atoms. The maximum Gasteiger partial charge on any atom is 0.279 e. The van der Waals surface area contributed by atoms with E-state index in [-0.39, 0.29) is 11.6 Å². The molecule has 3 heterocycles. The summed E-state index contributed by atoms with van der Waals surface area (Å²) >= 11 is 0. The highest BCUT2D eigenvalue weighted by atomic mass is 16.5. The normalized spacial score (nSPS) is 14.2. The molecule has 138 valence electrons. The number of carbonyl (C=O) groups excluding carboxylic acids is 1. The van der Waals surface area contributed by atoms with E-state index in [9.17, 15) is 4.79 Å². The van der Waals surface area contributed by atoms with Crippen LogP contribution in [-0.4, -0.2) is 52.2 Å². The molecule has 1 amide bonds. The fourth-order valence-electron chi connectivity index (χ4n) is 2.91. The number of aromatic nitrogens is 4. The molecule has 0 saturated carbocycles. The van der Waals surface area contributed by atoms with Gasteiger partial charge in [0.2, 0.25) is 0 Å². The van der Waals surface area contributed by atoms with E-state index >= 15 is 0 Å². The second kappa shape index (κ2) is 7.55. The molecule has 0 spiro atoms. The van der Waals surface area contributed by atoms with Gasteiger partial charge in [0.15, 0.2) is 5.69 Å². The van der Waals surface area contributed by atoms with Gasteiger partial charge in [-0.05, 0) is 31.2 Å². The van der Waals surface area contributed by atoms with Gasteiger partial charge in [-0.3, -0.25) is 4.79 Å². The molecule has 1 fully saturated rings. The third-order valence-corrected chi connectivity index (χ3v) is 4.35. The summed E-state index contributed by atoms with van der Waals surface area (Å²) in [6, 6.07) is 13.2. The van der Waals surface area contributed by atoms with Crippen LogP contribution in [0.2, 0.25) is 0 Å². The molecule has 0 bridgehead atoms. The molecule has 0 atom stereocenters. The van der Waals surface area contributed by atoms with Gasteiger partial charge in [-0.15, -0.1) is 5.10 Å². The van der Waals surface area contributed by atoms with E-state index in [0.717, 1.165) is 37.7 Å². The van der Waals surface area contributed by atoms with Crippen molar-refractivity contribution in [2.24, 2.45) is 0 Å². The number of nitrogens with zero attached hydrogens (tertiary/aromatic N) is 5. The molecule has 8 nitrogen and oxygen atoms in total. The van der Waals surface area contributed by atoms with E-state index < -0.39 is 0 Å². The number of amides is 1. The minimum Gasteiger partial charge on any atom is -0.378 e. The summed E-state index contributed by atoms with van der Waals surface area (Å²) < 4.78 is 5.36. The van der Waals surface area contributed by atoms with Crippen molar-refractivity contribution in [1.29, 1.82) is 0 Å². The number of para-hydroxylation sites is 1. The van der Waals surface area contributed by atoms with Crippen molar-refractivity contribution >= 4 is 17.4 Å². The average molecular weight is 364 g/mol. The molecule has 0 radical (unpaired) electrons. The number of anilines is 2. The number of ether oxygens (including phenoxy) is 1. The van der Waals surface area contributed by atoms with Crippen LogP contribution in [0, 0.1) is 6.92 Å². The molecule has 8 heteroatoms. The van der Waals surface area contributed by atoms with Crippen LogP contribution in [0.25, 0.3) is 5.69 Å². The van der Waals surface area contributed by atoms with Gasteiger partial charge in [0.05, 0.1) is 36.5 Å². The highest BCUT2D eigenvalue weighted by Crippen LogP contribution is 2.17. The van der Waals surface area contributed by atoms with E-state index in [1.165, 1.54) is 4.80 Å². The van der Waals surface area contributed by atoms with Gasteiger partial charge in [0.1, 0.15) is 5.82 Å². The van der Waals surface area contributed by atoms with Crippen molar-refractivity contribution in [3.05, 3.63) is 60.0 Å². The first-order valence-electron chi connectivity index (χ1n) is 8.80. The van der Waals surface area contributed by atoms with Crippen LogP contribution in [0.4, 0.5) is 11.5 Å². The predicted octanol–water partition coefficient (Wildman–Crippen LogP) is 2.06. The molecule has 1 saturated heterocycles. The minimum atomic E-state index is -0.332. The summed E-state index contributed by atoms with van der Waals surface area (Å²) in [6.45, 7) is 4.88. The van der Waals surface area contributed by atoms with Gasteiger partial charge in [-0.1, -0.05) is 18.2 Å². The van der Waals surface area contributed by atoms with E-state index in [4.69, 9.17) is 4.74 Å². The standard InChI is InChI=1S/C19H20N6O2/c1-14-18(23-25(22-14)15-5-3-2-4-6-15)19(26)21-17-8-7-16(13-20-17)24-9-11-27-12-10-24/h2-8,13H,9-12H2,1H3,(H,20,21,26). The minimum absolute atomic E-state index is 0.276. The summed E-state index contributed by atoms with van der Waals surface area (Å²) in [5.41, 5.74) is 2.65. The number of pyridine rings is 1. The Hall–Kier alpha value is -3.26. The van der Waals surface area contributed by atoms with Crippen molar-refractivity contribution < 1.29 is 9.53 Å². The summed E-state index contributed by atoms with van der Waals surface area (Å²) in [5.74, 6) is 0.145. The number of nitrogens with one attached hydrogen (secondary N) is 1. The van der Waals surface area contributed by atoms with Crippen LogP contribution in [-0.2, 0) is 4.74 Å². The fraction of sp³-hybridized carbons (Fsp3) is 0.263. The van der Waals surface area contributed by atoms with Crippen LogP contribution >= 0.6 is 0 Å². The second-order valence-electron chi connectivity index (χ2n) is 6.21. The zero-order valence-corrected chi connectivity index (χ0v) is 15.0. The SMILES string of the molecule is Cc1nn(-c2ccccc2)nc1C(=O)Nc1ccc(N2CCOCC2)cn1. The quantitative estimate of drug-likeness (QED) is 0.763. The lowest BCUT2D eigenvalue weighted by molar-refractivity contribution is 0.102. The fourth-order valence-corrected chi connectivity index (χ4v) is 2.91. The van der Waals surface area contributed by atoms with Gasteiger partial charge in [-0.25, -0.2) is 4.98 Å². The number of hydrogen-bond donors (Lipinski definition) is 1. The van der Waals surface area contributed by atoms with Crippen molar-refractivity contribution in [3.63, 3.8) is 0 Å². The summed E-state index contributed by atoms with van der Waals surface area (Å²) in [6.07, 6.45) is 1.76. The highest BCUT2D eigenvalue weighted by Gasteiger charge is 2.17. The molecular weight excluding hydrogens is 344 g/mol. The monoisotopic (exact) mass is 364 g/mol. The first-order chi connectivity index (χ1) is 13.2. The van der Waals surface area contributed by atoms with Crippen molar-refractivity contribution in [2.75, 3.05) is 36.5 Å². The Morgan fingerprint density at radius 3 is 2.52 bits per heavy atom. The molecule has 1 N–H and O–H groups in total. The molecule has 3 aromatic rings. The Balaban J connectivity index is 1.47.